The Hall–Kier alpha value is -3.61. The van der Waals surface area contributed by atoms with E-state index in [9.17, 15) is 9.59 Å². The molecular formula is C33H39NO6. The third-order valence-corrected chi connectivity index (χ3v) is 8.43. The van der Waals surface area contributed by atoms with Crippen molar-refractivity contribution in [2.45, 2.75) is 76.7 Å². The SMILES string of the molecule is CCOc1ccccc1[C@H]1C(C(=O)OC2CCCCC2)=C(C)N=C2C[C@H](c3ccc(OC)c(OC)c3)CC(=O)C21. The van der Waals surface area contributed by atoms with Gasteiger partial charge in [-0.1, -0.05) is 30.7 Å². The monoisotopic (exact) mass is 545 g/mol. The largest absolute Gasteiger partial charge is 0.494 e. The highest BCUT2D eigenvalue weighted by atomic mass is 16.5. The standard InChI is InChI=1S/C33H39NO6/c1-5-39-27-14-10-9-13-24(27)31-30(33(36)40-23-11-7-6-8-12-23)20(2)34-25-17-22(18-26(35)32(25)31)21-15-16-28(37-3)29(19-21)38-4/h9-10,13-16,19,22-23,31-32H,5-8,11-12,17-18H2,1-4H3/t22-,31-,32?/m0/s1. The van der Waals surface area contributed by atoms with Crippen molar-refractivity contribution in [2.24, 2.45) is 10.9 Å². The normalized spacial score (nSPS) is 23.2. The number of para-hydroxylation sites is 1. The molecule has 3 aliphatic rings. The lowest BCUT2D eigenvalue weighted by Crippen LogP contribution is -2.41. The minimum Gasteiger partial charge on any atom is -0.494 e. The van der Waals surface area contributed by atoms with Gasteiger partial charge < -0.3 is 18.9 Å². The fraction of sp³-hybridized carbons (Fsp3) is 0.485. The molecule has 0 bridgehead atoms. The number of esters is 1. The molecule has 1 aliphatic heterocycles. The molecule has 40 heavy (non-hydrogen) atoms. The van der Waals surface area contributed by atoms with Crippen molar-refractivity contribution in [3.8, 4) is 17.2 Å². The Kier molecular flexibility index (Phi) is 8.57. The van der Waals surface area contributed by atoms with Crippen molar-refractivity contribution in [3.63, 3.8) is 0 Å². The number of hydrogen-bond acceptors (Lipinski definition) is 7. The van der Waals surface area contributed by atoms with Crippen LogP contribution in [0.1, 0.15) is 81.8 Å². The highest BCUT2D eigenvalue weighted by Crippen LogP contribution is 2.48. The van der Waals surface area contributed by atoms with Crippen LogP contribution in [-0.2, 0) is 14.3 Å². The number of fused-ring (bicyclic) bond motifs is 1. The van der Waals surface area contributed by atoms with Crippen LogP contribution in [0, 0.1) is 5.92 Å². The van der Waals surface area contributed by atoms with E-state index in [2.05, 4.69) is 0 Å². The first-order valence-corrected chi connectivity index (χ1v) is 14.4. The predicted molar refractivity (Wildman–Crippen MR) is 153 cm³/mol. The maximum Gasteiger partial charge on any atom is 0.336 e. The summed E-state index contributed by atoms with van der Waals surface area (Å²) in [5.74, 6) is 0.562. The summed E-state index contributed by atoms with van der Waals surface area (Å²) in [5.41, 5.74) is 3.73. The van der Waals surface area contributed by atoms with E-state index in [0.29, 0.717) is 48.0 Å². The quantitative estimate of drug-likeness (QED) is 0.350. The average Bonchev–Trinajstić information content (AvgIpc) is 2.97. The van der Waals surface area contributed by atoms with Crippen LogP contribution in [0.3, 0.4) is 0 Å². The predicted octanol–water partition coefficient (Wildman–Crippen LogP) is 6.55. The van der Waals surface area contributed by atoms with Gasteiger partial charge in [0.1, 0.15) is 17.6 Å². The average molecular weight is 546 g/mol. The summed E-state index contributed by atoms with van der Waals surface area (Å²) in [7, 11) is 3.21. The van der Waals surface area contributed by atoms with Crippen LogP contribution in [0.5, 0.6) is 17.2 Å². The Bertz CT molecular complexity index is 1320. The van der Waals surface area contributed by atoms with Crippen LogP contribution in [0.25, 0.3) is 0 Å². The minimum absolute atomic E-state index is 0.0476. The molecule has 2 aromatic rings. The van der Waals surface area contributed by atoms with Gasteiger partial charge in [0.25, 0.3) is 0 Å². The molecule has 0 radical (unpaired) electrons. The Morgan fingerprint density at radius 2 is 1.68 bits per heavy atom. The van der Waals surface area contributed by atoms with Crippen LogP contribution < -0.4 is 14.2 Å². The van der Waals surface area contributed by atoms with Crippen molar-refractivity contribution >= 4 is 17.5 Å². The second-order valence-electron chi connectivity index (χ2n) is 10.9. The number of nitrogens with zero attached hydrogens (tertiary/aromatic N) is 1. The molecule has 7 heteroatoms. The third kappa shape index (κ3) is 5.51. The van der Waals surface area contributed by atoms with Gasteiger partial charge in [-0.15, -0.1) is 0 Å². The molecule has 0 aromatic heterocycles. The first-order valence-electron chi connectivity index (χ1n) is 14.4. The van der Waals surface area contributed by atoms with Gasteiger partial charge in [-0.3, -0.25) is 9.79 Å². The van der Waals surface area contributed by atoms with Gasteiger partial charge in [-0.2, -0.15) is 0 Å². The summed E-state index contributed by atoms with van der Waals surface area (Å²) in [6.07, 6.45) is 5.92. The van der Waals surface area contributed by atoms with Crippen LogP contribution in [0.2, 0.25) is 0 Å². The molecule has 0 amide bonds. The van der Waals surface area contributed by atoms with Gasteiger partial charge in [0.05, 0.1) is 32.3 Å². The molecule has 2 saturated carbocycles. The lowest BCUT2D eigenvalue weighted by atomic mass is 9.66. The second-order valence-corrected chi connectivity index (χ2v) is 10.9. The first kappa shape index (κ1) is 27.9. The van der Waals surface area contributed by atoms with E-state index in [1.807, 2.05) is 56.3 Å². The molecule has 0 N–H and O–H groups in total. The van der Waals surface area contributed by atoms with Gasteiger partial charge in [-0.05, 0) is 75.6 Å². The van der Waals surface area contributed by atoms with Crippen molar-refractivity contribution in [2.75, 3.05) is 20.8 Å². The number of ketones is 1. The number of methoxy groups -OCH3 is 2. The Morgan fingerprint density at radius 3 is 2.40 bits per heavy atom. The molecular weight excluding hydrogens is 506 g/mol. The molecule has 3 atom stereocenters. The molecule has 7 nitrogen and oxygen atoms in total. The number of carbonyl (C=O) groups is 2. The van der Waals surface area contributed by atoms with Crippen LogP contribution in [-0.4, -0.2) is 44.4 Å². The number of carbonyl (C=O) groups excluding carboxylic acids is 2. The number of Topliss-reactive ketones (excluding diaryl/α,β-unsaturated/α-hetero) is 1. The molecule has 0 saturated heterocycles. The van der Waals surface area contributed by atoms with Gasteiger partial charge in [0, 0.05) is 29.3 Å². The lowest BCUT2D eigenvalue weighted by Gasteiger charge is -2.39. The van der Waals surface area contributed by atoms with E-state index < -0.39 is 11.8 Å². The van der Waals surface area contributed by atoms with E-state index in [1.165, 1.54) is 6.42 Å². The number of ether oxygens (including phenoxy) is 4. The number of hydrogen-bond donors (Lipinski definition) is 0. The Labute approximate surface area is 236 Å². The molecule has 5 rings (SSSR count). The molecule has 2 aromatic carbocycles. The van der Waals surface area contributed by atoms with Crippen molar-refractivity contribution in [1.82, 2.24) is 0 Å². The first-order chi connectivity index (χ1) is 19.4. The van der Waals surface area contributed by atoms with Crippen molar-refractivity contribution < 1.29 is 28.5 Å². The zero-order valence-corrected chi connectivity index (χ0v) is 23.9. The van der Waals surface area contributed by atoms with E-state index >= 15 is 0 Å². The van der Waals surface area contributed by atoms with Gasteiger partial charge in [-0.25, -0.2) is 4.79 Å². The van der Waals surface area contributed by atoms with Gasteiger partial charge in [0.2, 0.25) is 0 Å². The molecule has 2 fully saturated rings. The zero-order chi connectivity index (χ0) is 28.2. The summed E-state index contributed by atoms with van der Waals surface area (Å²) in [6, 6.07) is 13.5. The van der Waals surface area contributed by atoms with E-state index in [-0.39, 0.29) is 23.8 Å². The summed E-state index contributed by atoms with van der Waals surface area (Å²) in [5, 5.41) is 0. The van der Waals surface area contributed by atoms with Gasteiger partial charge in [0.15, 0.2) is 11.5 Å². The molecule has 1 heterocycles. The Morgan fingerprint density at radius 1 is 0.925 bits per heavy atom. The Balaban J connectivity index is 1.55. The highest BCUT2D eigenvalue weighted by Gasteiger charge is 2.47. The maximum absolute atomic E-state index is 14.1. The fourth-order valence-electron chi connectivity index (χ4n) is 6.54. The number of rotatable bonds is 8. The van der Waals surface area contributed by atoms with E-state index in [0.717, 1.165) is 42.5 Å². The van der Waals surface area contributed by atoms with E-state index in [4.69, 9.17) is 23.9 Å². The van der Waals surface area contributed by atoms with E-state index in [1.54, 1.807) is 14.2 Å². The fourth-order valence-corrected chi connectivity index (χ4v) is 6.54. The lowest BCUT2D eigenvalue weighted by molar-refractivity contribution is -0.146. The highest BCUT2D eigenvalue weighted by molar-refractivity contribution is 6.12. The van der Waals surface area contributed by atoms with Gasteiger partial charge >= 0.3 is 5.97 Å². The summed E-state index contributed by atoms with van der Waals surface area (Å²) in [6.45, 7) is 4.28. The minimum atomic E-state index is -0.546. The summed E-state index contributed by atoms with van der Waals surface area (Å²) in [4.78, 5) is 32.8. The second kappa shape index (κ2) is 12.3. The van der Waals surface area contributed by atoms with Crippen molar-refractivity contribution in [3.05, 3.63) is 64.9 Å². The van der Waals surface area contributed by atoms with Crippen LogP contribution >= 0.6 is 0 Å². The summed E-state index contributed by atoms with van der Waals surface area (Å²) < 4.78 is 23.0. The summed E-state index contributed by atoms with van der Waals surface area (Å²) >= 11 is 0. The maximum atomic E-state index is 14.1. The number of benzene rings is 2. The molecule has 2 aliphatic carbocycles. The number of aliphatic imine (C=N–C) groups is 1. The molecule has 0 spiro atoms. The topological polar surface area (TPSA) is 83.4 Å². The van der Waals surface area contributed by atoms with Crippen LogP contribution in [0.15, 0.2) is 58.7 Å². The van der Waals surface area contributed by atoms with Crippen LogP contribution in [0.4, 0.5) is 0 Å². The molecule has 1 unspecified atom stereocenters. The number of allylic oxidation sites excluding steroid dienone is 1. The molecule has 212 valence electrons. The third-order valence-electron chi connectivity index (χ3n) is 8.43. The smallest absolute Gasteiger partial charge is 0.336 e. The zero-order valence-electron chi connectivity index (χ0n) is 23.9. The van der Waals surface area contributed by atoms with Crippen molar-refractivity contribution in [1.29, 1.82) is 0 Å².